The van der Waals surface area contributed by atoms with Gasteiger partial charge in [0.1, 0.15) is 12.1 Å². The van der Waals surface area contributed by atoms with Gasteiger partial charge in [0.15, 0.2) is 6.61 Å². The van der Waals surface area contributed by atoms with E-state index >= 15 is 0 Å². The molecule has 8 heteroatoms. The molecule has 0 spiro atoms. The molecule has 2 aromatic carbocycles. The fourth-order valence-corrected chi connectivity index (χ4v) is 5.25. The fraction of sp³-hybridized carbons (Fsp3) is 0.385. The van der Waals surface area contributed by atoms with Gasteiger partial charge in [-0.2, -0.15) is 0 Å². The molecular weight excluding hydrogens is 435 g/mol. The minimum absolute atomic E-state index is 0.0252. The molecule has 0 radical (unpaired) electrons. The summed E-state index contributed by atoms with van der Waals surface area (Å²) < 4.78 is 19.7. The van der Waals surface area contributed by atoms with E-state index in [1.165, 1.54) is 18.5 Å². The summed E-state index contributed by atoms with van der Waals surface area (Å²) in [6, 6.07) is 13.6. The van der Waals surface area contributed by atoms with E-state index in [9.17, 15) is 14.0 Å². The highest BCUT2D eigenvalue weighted by Gasteiger charge is 2.44. The molecule has 0 aliphatic carbocycles. The molecule has 1 aromatic heterocycles. The average molecular weight is 463 g/mol. The average Bonchev–Trinajstić information content (AvgIpc) is 3.14. The Balaban J connectivity index is 1.38. The van der Waals surface area contributed by atoms with Crippen molar-refractivity contribution < 1.29 is 18.7 Å². The maximum absolute atomic E-state index is 13.8. The van der Waals surface area contributed by atoms with E-state index in [2.05, 4.69) is 15.3 Å². The van der Waals surface area contributed by atoms with Crippen molar-refractivity contribution in [3.63, 3.8) is 0 Å². The molecule has 2 amide bonds. The van der Waals surface area contributed by atoms with Gasteiger partial charge in [0.2, 0.25) is 11.8 Å². The number of fused-ring (bicyclic) bond motifs is 2. The highest BCUT2D eigenvalue weighted by molar-refractivity contribution is 5.84. The SMILES string of the molecule is O=C1CCCC[C@@H]2[C@H](C[C@@H](Cc3cccc(F)c3)N2C(=O)COc2ncnc3ccccc23)N1. The molecule has 3 aromatic rings. The van der Waals surface area contributed by atoms with Crippen molar-refractivity contribution in [2.45, 2.75) is 56.7 Å². The number of ether oxygens (including phenoxy) is 1. The molecule has 2 aliphatic heterocycles. The number of aromatic nitrogens is 2. The standard InChI is InChI=1S/C26H27FN4O3/c27-18-7-5-6-17(12-18)13-19-14-22-23(10-3-4-11-24(32)30-22)31(19)25(33)15-34-26-20-8-1-2-9-21(20)28-16-29-26/h1-2,5-9,12,16,19,22-23H,3-4,10-11,13-15H2,(H,30,32)/t19-,22+,23-/m1/s1. The predicted molar refractivity (Wildman–Crippen MR) is 125 cm³/mol. The Morgan fingerprint density at radius 2 is 2.03 bits per heavy atom. The van der Waals surface area contributed by atoms with Crippen molar-refractivity contribution in [2.75, 3.05) is 6.61 Å². The second kappa shape index (κ2) is 9.75. The number of para-hydroxylation sites is 1. The molecule has 34 heavy (non-hydrogen) atoms. The molecule has 2 saturated heterocycles. The Kier molecular flexibility index (Phi) is 6.38. The van der Waals surface area contributed by atoms with E-state index in [-0.39, 0.29) is 42.4 Å². The summed E-state index contributed by atoms with van der Waals surface area (Å²) >= 11 is 0. The lowest BCUT2D eigenvalue weighted by Crippen LogP contribution is -2.50. The van der Waals surface area contributed by atoms with Gasteiger partial charge in [-0.05, 0) is 55.5 Å². The number of nitrogens with one attached hydrogen (secondary N) is 1. The van der Waals surface area contributed by atoms with Crippen molar-refractivity contribution in [3.05, 3.63) is 66.2 Å². The molecule has 2 aliphatic rings. The largest absolute Gasteiger partial charge is 0.467 e. The third-order valence-corrected chi connectivity index (χ3v) is 6.73. The molecule has 0 saturated carbocycles. The summed E-state index contributed by atoms with van der Waals surface area (Å²) in [7, 11) is 0. The van der Waals surface area contributed by atoms with Crippen molar-refractivity contribution in [3.8, 4) is 5.88 Å². The van der Waals surface area contributed by atoms with Crippen LogP contribution in [-0.2, 0) is 16.0 Å². The molecular formula is C26H27FN4O3. The number of nitrogens with zero attached hydrogens (tertiary/aromatic N) is 3. The first kappa shape index (κ1) is 22.3. The van der Waals surface area contributed by atoms with Crippen LogP contribution in [-0.4, -0.2) is 51.4 Å². The van der Waals surface area contributed by atoms with Crippen LogP contribution in [0.3, 0.4) is 0 Å². The second-order valence-electron chi connectivity index (χ2n) is 9.00. The first-order valence-electron chi connectivity index (χ1n) is 11.8. The predicted octanol–water partition coefficient (Wildman–Crippen LogP) is 3.42. The fourth-order valence-electron chi connectivity index (χ4n) is 5.25. The lowest BCUT2D eigenvalue weighted by atomic mass is 9.97. The summed E-state index contributed by atoms with van der Waals surface area (Å²) in [5, 5.41) is 3.86. The highest BCUT2D eigenvalue weighted by Crippen LogP contribution is 2.32. The van der Waals surface area contributed by atoms with Gasteiger partial charge in [-0.1, -0.05) is 30.7 Å². The first-order chi connectivity index (χ1) is 16.6. The lowest BCUT2D eigenvalue weighted by molar-refractivity contribution is -0.137. The van der Waals surface area contributed by atoms with Crippen molar-refractivity contribution in [1.82, 2.24) is 20.2 Å². The molecule has 176 valence electrons. The highest BCUT2D eigenvalue weighted by atomic mass is 19.1. The van der Waals surface area contributed by atoms with E-state index in [0.717, 1.165) is 35.7 Å². The molecule has 5 rings (SSSR count). The monoisotopic (exact) mass is 462 g/mol. The number of carbonyl (C=O) groups excluding carboxylic acids is 2. The number of rotatable bonds is 5. The van der Waals surface area contributed by atoms with E-state index in [0.29, 0.717) is 25.1 Å². The third kappa shape index (κ3) is 4.71. The smallest absolute Gasteiger partial charge is 0.261 e. The van der Waals surface area contributed by atoms with Crippen LogP contribution in [0.2, 0.25) is 0 Å². The van der Waals surface area contributed by atoms with Crippen LogP contribution in [0, 0.1) is 5.82 Å². The molecule has 3 heterocycles. The van der Waals surface area contributed by atoms with Crippen LogP contribution in [0.25, 0.3) is 10.9 Å². The van der Waals surface area contributed by atoms with Gasteiger partial charge in [0.05, 0.1) is 23.0 Å². The zero-order chi connectivity index (χ0) is 23.5. The van der Waals surface area contributed by atoms with E-state index in [1.54, 1.807) is 6.07 Å². The first-order valence-corrected chi connectivity index (χ1v) is 11.8. The van der Waals surface area contributed by atoms with Gasteiger partial charge < -0.3 is 15.0 Å². The van der Waals surface area contributed by atoms with Crippen LogP contribution in [0.1, 0.15) is 37.7 Å². The number of amides is 2. The summed E-state index contributed by atoms with van der Waals surface area (Å²) in [6.07, 6.45) is 5.57. The summed E-state index contributed by atoms with van der Waals surface area (Å²) in [5.74, 6) is -0.0716. The Bertz CT molecular complexity index is 1200. The van der Waals surface area contributed by atoms with E-state index in [1.807, 2.05) is 35.2 Å². The topological polar surface area (TPSA) is 84.4 Å². The summed E-state index contributed by atoms with van der Waals surface area (Å²) in [5.41, 5.74) is 1.57. The van der Waals surface area contributed by atoms with Gasteiger partial charge in [-0.25, -0.2) is 14.4 Å². The quantitative estimate of drug-likeness (QED) is 0.628. The Morgan fingerprint density at radius 1 is 1.15 bits per heavy atom. The van der Waals surface area contributed by atoms with Crippen LogP contribution in [0.4, 0.5) is 4.39 Å². The normalized spacial score (nSPS) is 22.6. The van der Waals surface area contributed by atoms with Crippen LogP contribution < -0.4 is 10.1 Å². The zero-order valence-electron chi connectivity index (χ0n) is 18.8. The van der Waals surface area contributed by atoms with Gasteiger partial charge >= 0.3 is 0 Å². The maximum Gasteiger partial charge on any atom is 0.261 e. The van der Waals surface area contributed by atoms with Gasteiger partial charge in [0.25, 0.3) is 5.91 Å². The minimum atomic E-state index is -0.299. The van der Waals surface area contributed by atoms with Crippen LogP contribution in [0.5, 0.6) is 5.88 Å². The van der Waals surface area contributed by atoms with Gasteiger partial charge in [0, 0.05) is 12.5 Å². The minimum Gasteiger partial charge on any atom is -0.467 e. The molecule has 2 fully saturated rings. The van der Waals surface area contributed by atoms with Crippen LogP contribution in [0.15, 0.2) is 54.9 Å². The number of benzene rings is 2. The molecule has 0 bridgehead atoms. The molecule has 7 nitrogen and oxygen atoms in total. The molecule has 3 atom stereocenters. The van der Waals surface area contributed by atoms with E-state index < -0.39 is 0 Å². The maximum atomic E-state index is 13.8. The number of hydrogen-bond acceptors (Lipinski definition) is 5. The second-order valence-corrected chi connectivity index (χ2v) is 9.00. The third-order valence-electron chi connectivity index (χ3n) is 6.73. The van der Waals surface area contributed by atoms with Crippen molar-refractivity contribution in [1.29, 1.82) is 0 Å². The number of likely N-dealkylation sites (tertiary alicyclic amines) is 1. The zero-order valence-corrected chi connectivity index (χ0v) is 18.8. The van der Waals surface area contributed by atoms with E-state index in [4.69, 9.17) is 4.74 Å². The van der Waals surface area contributed by atoms with Gasteiger partial charge in [-0.3, -0.25) is 9.59 Å². The van der Waals surface area contributed by atoms with Crippen molar-refractivity contribution >= 4 is 22.7 Å². The molecule has 1 N–H and O–H groups in total. The Labute approximate surface area is 197 Å². The number of carbonyl (C=O) groups is 2. The van der Waals surface area contributed by atoms with Gasteiger partial charge in [-0.15, -0.1) is 0 Å². The summed E-state index contributed by atoms with van der Waals surface area (Å²) in [6.45, 7) is -0.169. The number of halogens is 1. The Morgan fingerprint density at radius 3 is 2.91 bits per heavy atom. The molecule has 0 unspecified atom stereocenters. The summed E-state index contributed by atoms with van der Waals surface area (Å²) in [4.78, 5) is 36.1. The van der Waals surface area contributed by atoms with Crippen LogP contribution >= 0.6 is 0 Å². The van der Waals surface area contributed by atoms with Crippen molar-refractivity contribution in [2.24, 2.45) is 0 Å². The lowest BCUT2D eigenvalue weighted by Gasteiger charge is -2.33. The number of hydrogen-bond donors (Lipinski definition) is 1. The Hall–Kier alpha value is -3.55.